The van der Waals surface area contributed by atoms with Crippen molar-refractivity contribution in [3.63, 3.8) is 0 Å². The number of halogens is 1. The molecular formula is C11H22BrNO3S. The molecule has 102 valence electrons. The first-order valence-corrected chi connectivity index (χ1v) is 8.77. The second kappa shape index (κ2) is 6.50. The summed E-state index contributed by atoms with van der Waals surface area (Å²) >= 11 is 3.45. The highest BCUT2D eigenvalue weighted by Crippen LogP contribution is 2.33. The summed E-state index contributed by atoms with van der Waals surface area (Å²) in [5.41, 5.74) is -0.293. The van der Waals surface area contributed by atoms with E-state index >= 15 is 0 Å². The molecule has 0 aromatic rings. The average molecular weight is 328 g/mol. The Morgan fingerprint density at radius 2 is 2.00 bits per heavy atom. The van der Waals surface area contributed by atoms with Crippen LogP contribution in [0.5, 0.6) is 0 Å². The third kappa shape index (κ3) is 4.85. The zero-order valence-corrected chi connectivity index (χ0v) is 12.9. The van der Waals surface area contributed by atoms with E-state index in [9.17, 15) is 8.42 Å². The summed E-state index contributed by atoms with van der Waals surface area (Å²) in [5, 5.41) is 0.679. The maximum Gasteiger partial charge on any atom is 0.214 e. The van der Waals surface area contributed by atoms with Gasteiger partial charge < -0.3 is 4.74 Å². The fraction of sp³-hybridized carbons (Fsp3) is 1.00. The van der Waals surface area contributed by atoms with Crippen LogP contribution in [-0.2, 0) is 14.8 Å². The minimum atomic E-state index is -3.24. The molecule has 0 radical (unpaired) electrons. The fourth-order valence-electron chi connectivity index (χ4n) is 2.15. The van der Waals surface area contributed by atoms with Crippen LogP contribution in [0.15, 0.2) is 0 Å². The number of methoxy groups -OCH3 is 1. The number of hydrogen-bond acceptors (Lipinski definition) is 3. The molecule has 0 unspecified atom stereocenters. The summed E-state index contributed by atoms with van der Waals surface area (Å²) in [7, 11) is -1.72. The van der Waals surface area contributed by atoms with Gasteiger partial charge in [0.05, 0.1) is 12.4 Å². The second-order valence-electron chi connectivity index (χ2n) is 5.01. The standard InChI is InChI=1S/C11H22BrNO3S/c1-10-3-5-11(9-12,6-4-10)13-17(14,15)8-7-16-2/h10,13H,3-9H2,1-2H3. The second-order valence-corrected chi connectivity index (χ2v) is 7.41. The minimum absolute atomic E-state index is 0.0355. The minimum Gasteiger partial charge on any atom is -0.384 e. The Hall–Kier alpha value is 0.350. The maximum absolute atomic E-state index is 11.9. The highest BCUT2D eigenvalue weighted by molar-refractivity contribution is 9.09. The van der Waals surface area contributed by atoms with Gasteiger partial charge in [-0.05, 0) is 31.6 Å². The van der Waals surface area contributed by atoms with E-state index in [-0.39, 0.29) is 17.9 Å². The molecule has 1 aliphatic rings. The van der Waals surface area contributed by atoms with Gasteiger partial charge in [0.25, 0.3) is 0 Å². The van der Waals surface area contributed by atoms with Gasteiger partial charge in [0.15, 0.2) is 0 Å². The molecule has 1 saturated carbocycles. The van der Waals surface area contributed by atoms with E-state index < -0.39 is 10.0 Å². The molecule has 17 heavy (non-hydrogen) atoms. The van der Waals surface area contributed by atoms with E-state index in [1.165, 1.54) is 7.11 Å². The van der Waals surface area contributed by atoms with Crippen LogP contribution in [0.2, 0.25) is 0 Å². The summed E-state index contributed by atoms with van der Waals surface area (Å²) in [4.78, 5) is 0. The monoisotopic (exact) mass is 327 g/mol. The largest absolute Gasteiger partial charge is 0.384 e. The Morgan fingerprint density at radius 3 is 2.47 bits per heavy atom. The Morgan fingerprint density at radius 1 is 1.41 bits per heavy atom. The number of alkyl halides is 1. The van der Waals surface area contributed by atoms with Crippen molar-refractivity contribution in [1.82, 2.24) is 4.72 Å². The van der Waals surface area contributed by atoms with Gasteiger partial charge in [0, 0.05) is 18.0 Å². The summed E-state index contributed by atoms with van der Waals surface area (Å²) in [6.45, 7) is 2.46. The average Bonchev–Trinajstić information content (AvgIpc) is 2.30. The molecule has 1 N–H and O–H groups in total. The topological polar surface area (TPSA) is 55.4 Å². The van der Waals surface area contributed by atoms with Gasteiger partial charge in [-0.25, -0.2) is 13.1 Å². The van der Waals surface area contributed by atoms with Gasteiger partial charge in [-0.3, -0.25) is 0 Å². The van der Waals surface area contributed by atoms with E-state index in [1.54, 1.807) is 0 Å². The summed E-state index contributed by atoms with van der Waals surface area (Å²) in [6, 6.07) is 0. The third-order valence-electron chi connectivity index (χ3n) is 3.42. The van der Waals surface area contributed by atoms with Crippen LogP contribution < -0.4 is 4.72 Å². The molecule has 1 aliphatic carbocycles. The van der Waals surface area contributed by atoms with Crippen LogP contribution in [0, 0.1) is 5.92 Å². The lowest BCUT2D eigenvalue weighted by Gasteiger charge is -2.38. The van der Waals surface area contributed by atoms with Gasteiger partial charge in [-0.2, -0.15) is 0 Å². The van der Waals surface area contributed by atoms with Crippen LogP contribution in [0.3, 0.4) is 0 Å². The molecular weight excluding hydrogens is 306 g/mol. The first-order valence-electron chi connectivity index (χ1n) is 5.99. The molecule has 0 spiro atoms. The van der Waals surface area contributed by atoms with Crippen LogP contribution >= 0.6 is 15.9 Å². The zero-order valence-electron chi connectivity index (χ0n) is 10.5. The summed E-state index contributed by atoms with van der Waals surface area (Å²) < 4.78 is 31.5. The molecule has 1 fully saturated rings. The Balaban J connectivity index is 2.62. The predicted octanol–water partition coefficient (Wildman–Crippen LogP) is 1.90. The van der Waals surface area contributed by atoms with Crippen LogP contribution in [0.4, 0.5) is 0 Å². The lowest BCUT2D eigenvalue weighted by molar-refractivity contribution is 0.215. The molecule has 4 nitrogen and oxygen atoms in total. The van der Waals surface area contributed by atoms with Gasteiger partial charge in [0.1, 0.15) is 0 Å². The number of ether oxygens (including phenoxy) is 1. The number of hydrogen-bond donors (Lipinski definition) is 1. The van der Waals surface area contributed by atoms with Crippen molar-refractivity contribution in [2.45, 2.75) is 38.1 Å². The van der Waals surface area contributed by atoms with Crippen LogP contribution in [0.25, 0.3) is 0 Å². The van der Waals surface area contributed by atoms with E-state index in [2.05, 4.69) is 27.6 Å². The lowest BCUT2D eigenvalue weighted by Crippen LogP contribution is -2.52. The van der Waals surface area contributed by atoms with E-state index in [0.717, 1.165) is 25.7 Å². The zero-order chi connectivity index (χ0) is 12.9. The first-order chi connectivity index (χ1) is 7.93. The molecule has 0 atom stereocenters. The molecule has 0 aliphatic heterocycles. The molecule has 0 aromatic heterocycles. The molecule has 0 amide bonds. The Labute approximate surface area is 113 Å². The third-order valence-corrected chi connectivity index (χ3v) is 5.94. The van der Waals surface area contributed by atoms with Gasteiger partial charge in [0.2, 0.25) is 10.0 Å². The Bertz CT molecular complexity index is 324. The van der Waals surface area contributed by atoms with Gasteiger partial charge >= 0.3 is 0 Å². The normalized spacial score (nSPS) is 30.4. The van der Waals surface area contributed by atoms with Crippen molar-refractivity contribution < 1.29 is 13.2 Å². The SMILES string of the molecule is COCCS(=O)(=O)NC1(CBr)CCC(C)CC1. The van der Waals surface area contributed by atoms with Crippen molar-refractivity contribution in [1.29, 1.82) is 0 Å². The fourth-order valence-corrected chi connectivity index (χ4v) is 4.46. The molecule has 0 aromatic carbocycles. The number of nitrogens with one attached hydrogen (secondary N) is 1. The lowest BCUT2D eigenvalue weighted by atomic mass is 9.79. The molecule has 0 heterocycles. The maximum atomic E-state index is 11.9. The summed E-state index contributed by atoms with van der Waals surface area (Å²) in [5.74, 6) is 0.735. The van der Waals surface area contributed by atoms with E-state index in [0.29, 0.717) is 11.2 Å². The molecule has 6 heteroatoms. The predicted molar refractivity (Wildman–Crippen MR) is 73.0 cm³/mol. The van der Waals surface area contributed by atoms with Crippen molar-refractivity contribution >= 4 is 26.0 Å². The van der Waals surface area contributed by atoms with Crippen molar-refractivity contribution in [3.8, 4) is 0 Å². The van der Waals surface area contributed by atoms with Gasteiger partial charge in [-0.15, -0.1) is 0 Å². The highest BCUT2D eigenvalue weighted by atomic mass is 79.9. The smallest absolute Gasteiger partial charge is 0.214 e. The van der Waals surface area contributed by atoms with Gasteiger partial charge in [-0.1, -0.05) is 22.9 Å². The Kier molecular flexibility index (Phi) is 5.89. The van der Waals surface area contributed by atoms with Crippen molar-refractivity contribution in [2.24, 2.45) is 5.92 Å². The first kappa shape index (κ1) is 15.4. The molecule has 0 saturated heterocycles. The highest BCUT2D eigenvalue weighted by Gasteiger charge is 2.36. The van der Waals surface area contributed by atoms with Crippen molar-refractivity contribution in [2.75, 3.05) is 24.8 Å². The molecule has 1 rings (SSSR count). The number of rotatable bonds is 6. The van der Waals surface area contributed by atoms with E-state index in [4.69, 9.17) is 4.74 Å². The quantitative estimate of drug-likeness (QED) is 0.758. The van der Waals surface area contributed by atoms with Crippen molar-refractivity contribution in [3.05, 3.63) is 0 Å². The van der Waals surface area contributed by atoms with Crippen LogP contribution in [0.1, 0.15) is 32.6 Å². The summed E-state index contributed by atoms with van der Waals surface area (Å²) in [6.07, 6.45) is 3.98. The van der Waals surface area contributed by atoms with E-state index in [1.807, 2.05) is 0 Å². The van der Waals surface area contributed by atoms with Crippen LogP contribution in [-0.4, -0.2) is 38.8 Å². The molecule has 0 bridgehead atoms. The number of sulfonamides is 1.